The van der Waals surface area contributed by atoms with E-state index in [4.69, 9.17) is 11.6 Å². The van der Waals surface area contributed by atoms with Gasteiger partial charge in [0.25, 0.3) is 0 Å². The molecule has 94 valence electrons. The zero-order valence-corrected chi connectivity index (χ0v) is 10.8. The lowest BCUT2D eigenvalue weighted by Gasteiger charge is -2.19. The van der Waals surface area contributed by atoms with E-state index >= 15 is 0 Å². The second-order valence-corrected chi connectivity index (χ2v) is 4.69. The first-order chi connectivity index (χ1) is 8.02. The van der Waals surface area contributed by atoms with Crippen LogP contribution < -0.4 is 5.32 Å². The molecule has 4 heteroatoms. The zero-order valence-electron chi connectivity index (χ0n) is 10.0. The Balaban J connectivity index is 2.55. The number of benzene rings is 1. The Kier molecular flexibility index (Phi) is 5.42. The van der Waals surface area contributed by atoms with E-state index in [1.54, 1.807) is 12.1 Å². The number of carbonyl (C=O) groups is 1. The largest absolute Gasteiger partial charge is 0.352 e. The van der Waals surface area contributed by atoms with E-state index in [9.17, 15) is 9.18 Å². The van der Waals surface area contributed by atoms with Gasteiger partial charge in [-0.15, -0.1) is 11.6 Å². The number of hydrogen-bond acceptors (Lipinski definition) is 1. The van der Waals surface area contributed by atoms with Gasteiger partial charge in [-0.05, 0) is 23.6 Å². The number of nitrogens with one attached hydrogen (secondary N) is 1. The predicted octanol–water partition coefficient (Wildman–Crippen LogP) is 2.75. The Labute approximate surface area is 106 Å². The molecule has 0 aliphatic carbocycles. The fourth-order valence-electron chi connectivity index (χ4n) is 1.47. The van der Waals surface area contributed by atoms with Crippen LogP contribution in [0.4, 0.5) is 4.39 Å². The summed E-state index contributed by atoms with van der Waals surface area (Å²) in [7, 11) is 0. The van der Waals surface area contributed by atoms with Crippen LogP contribution in [0.3, 0.4) is 0 Å². The molecule has 1 unspecified atom stereocenters. The minimum absolute atomic E-state index is 0.0438. The highest BCUT2D eigenvalue weighted by molar-refractivity contribution is 6.18. The van der Waals surface area contributed by atoms with Crippen molar-refractivity contribution in [2.24, 2.45) is 5.92 Å². The second-order valence-electron chi connectivity index (χ2n) is 4.38. The van der Waals surface area contributed by atoms with Crippen molar-refractivity contribution >= 4 is 17.5 Å². The van der Waals surface area contributed by atoms with E-state index in [0.717, 1.165) is 0 Å². The smallest absolute Gasteiger partial charge is 0.224 e. The third kappa shape index (κ3) is 4.73. The monoisotopic (exact) mass is 257 g/mol. The van der Waals surface area contributed by atoms with Crippen LogP contribution in [0.25, 0.3) is 0 Å². The maximum Gasteiger partial charge on any atom is 0.224 e. The van der Waals surface area contributed by atoms with Gasteiger partial charge in [-0.3, -0.25) is 4.79 Å². The Hall–Kier alpha value is -1.09. The van der Waals surface area contributed by atoms with Gasteiger partial charge in [0.2, 0.25) is 5.91 Å². The van der Waals surface area contributed by atoms with Crippen molar-refractivity contribution in [1.29, 1.82) is 0 Å². The van der Waals surface area contributed by atoms with Gasteiger partial charge in [-0.25, -0.2) is 4.39 Å². The number of carbonyl (C=O) groups excluding carboxylic acids is 1. The summed E-state index contributed by atoms with van der Waals surface area (Å²) in [4.78, 5) is 11.7. The Morgan fingerprint density at radius 1 is 1.47 bits per heavy atom. The first-order valence-corrected chi connectivity index (χ1v) is 6.16. The van der Waals surface area contributed by atoms with E-state index in [-0.39, 0.29) is 30.1 Å². The SMILES string of the molecule is CC(C)C(CCl)NC(=O)Cc1cccc(F)c1. The van der Waals surface area contributed by atoms with Gasteiger partial charge in [0.05, 0.1) is 6.42 Å². The van der Waals surface area contributed by atoms with Crippen LogP contribution in [0.1, 0.15) is 19.4 Å². The van der Waals surface area contributed by atoms with Crippen molar-refractivity contribution in [1.82, 2.24) is 5.32 Å². The summed E-state index contributed by atoms with van der Waals surface area (Å²) in [5.74, 6) is 0.207. The number of alkyl halides is 1. The molecule has 0 aliphatic heterocycles. The molecule has 0 spiro atoms. The second kappa shape index (κ2) is 6.60. The molecular formula is C13H17ClFNO. The molecule has 1 amide bonds. The summed E-state index contributed by atoms with van der Waals surface area (Å²) < 4.78 is 12.9. The minimum atomic E-state index is -0.326. The first kappa shape index (κ1) is 14.0. The predicted molar refractivity (Wildman–Crippen MR) is 67.6 cm³/mol. The number of amides is 1. The molecule has 1 N–H and O–H groups in total. The number of hydrogen-bond donors (Lipinski definition) is 1. The Morgan fingerprint density at radius 3 is 2.71 bits per heavy atom. The molecule has 2 nitrogen and oxygen atoms in total. The topological polar surface area (TPSA) is 29.1 Å². The molecular weight excluding hydrogens is 241 g/mol. The van der Waals surface area contributed by atoms with E-state index < -0.39 is 0 Å². The van der Waals surface area contributed by atoms with Crippen LogP contribution in [0.15, 0.2) is 24.3 Å². The van der Waals surface area contributed by atoms with Gasteiger partial charge in [-0.1, -0.05) is 26.0 Å². The third-order valence-electron chi connectivity index (χ3n) is 2.57. The summed E-state index contributed by atoms with van der Waals surface area (Å²) in [6.45, 7) is 3.99. The summed E-state index contributed by atoms with van der Waals surface area (Å²) in [6.07, 6.45) is 0.178. The number of rotatable bonds is 5. The van der Waals surface area contributed by atoms with Crippen molar-refractivity contribution in [2.75, 3.05) is 5.88 Å². The van der Waals surface area contributed by atoms with Crippen LogP contribution in [-0.4, -0.2) is 17.8 Å². The lowest BCUT2D eigenvalue weighted by Crippen LogP contribution is -2.40. The van der Waals surface area contributed by atoms with Crippen molar-refractivity contribution in [3.8, 4) is 0 Å². The summed E-state index contributed by atoms with van der Waals surface area (Å²) >= 11 is 5.76. The standard InChI is InChI=1S/C13H17ClFNO/c1-9(2)12(8-14)16-13(17)7-10-4-3-5-11(15)6-10/h3-6,9,12H,7-8H2,1-2H3,(H,16,17). The molecule has 1 atom stereocenters. The van der Waals surface area contributed by atoms with Gasteiger partial charge in [-0.2, -0.15) is 0 Å². The van der Waals surface area contributed by atoms with Crippen molar-refractivity contribution in [2.45, 2.75) is 26.3 Å². The van der Waals surface area contributed by atoms with Crippen LogP contribution in [-0.2, 0) is 11.2 Å². The quantitative estimate of drug-likeness (QED) is 0.808. The molecule has 0 radical (unpaired) electrons. The Bertz CT molecular complexity index is 381. The molecule has 0 aliphatic rings. The summed E-state index contributed by atoms with van der Waals surface area (Å²) in [5, 5.41) is 2.84. The maximum absolute atomic E-state index is 12.9. The summed E-state index contributed by atoms with van der Waals surface area (Å²) in [6, 6.07) is 6.01. The molecule has 1 aromatic carbocycles. The fourth-order valence-corrected chi connectivity index (χ4v) is 1.91. The van der Waals surface area contributed by atoms with E-state index in [2.05, 4.69) is 5.32 Å². The van der Waals surface area contributed by atoms with Gasteiger partial charge in [0.1, 0.15) is 5.82 Å². The highest BCUT2D eigenvalue weighted by atomic mass is 35.5. The van der Waals surface area contributed by atoms with Gasteiger partial charge in [0, 0.05) is 11.9 Å². The van der Waals surface area contributed by atoms with Crippen LogP contribution in [0.2, 0.25) is 0 Å². The minimum Gasteiger partial charge on any atom is -0.352 e. The molecule has 17 heavy (non-hydrogen) atoms. The van der Waals surface area contributed by atoms with Gasteiger partial charge < -0.3 is 5.32 Å². The van der Waals surface area contributed by atoms with Crippen molar-refractivity contribution in [3.63, 3.8) is 0 Å². The molecule has 0 saturated heterocycles. The number of halogens is 2. The third-order valence-corrected chi connectivity index (χ3v) is 2.90. The average molecular weight is 258 g/mol. The molecule has 0 aromatic heterocycles. The van der Waals surface area contributed by atoms with Crippen molar-refractivity contribution in [3.05, 3.63) is 35.6 Å². The zero-order chi connectivity index (χ0) is 12.8. The molecule has 0 bridgehead atoms. The van der Waals surface area contributed by atoms with Gasteiger partial charge in [0.15, 0.2) is 0 Å². The highest BCUT2D eigenvalue weighted by Crippen LogP contribution is 2.07. The first-order valence-electron chi connectivity index (χ1n) is 5.62. The molecule has 1 rings (SSSR count). The molecule has 0 saturated carbocycles. The maximum atomic E-state index is 12.9. The Morgan fingerprint density at radius 2 is 2.18 bits per heavy atom. The normalized spacial score (nSPS) is 12.5. The highest BCUT2D eigenvalue weighted by Gasteiger charge is 2.15. The fraction of sp³-hybridized carbons (Fsp3) is 0.462. The molecule has 0 heterocycles. The lowest BCUT2D eigenvalue weighted by atomic mass is 10.1. The van der Waals surface area contributed by atoms with Crippen LogP contribution in [0, 0.1) is 11.7 Å². The average Bonchev–Trinajstić information content (AvgIpc) is 2.25. The molecule has 0 fully saturated rings. The van der Waals surface area contributed by atoms with E-state index in [0.29, 0.717) is 11.4 Å². The van der Waals surface area contributed by atoms with E-state index in [1.807, 2.05) is 13.8 Å². The van der Waals surface area contributed by atoms with Gasteiger partial charge >= 0.3 is 0 Å². The lowest BCUT2D eigenvalue weighted by molar-refractivity contribution is -0.121. The summed E-state index contributed by atoms with van der Waals surface area (Å²) in [5.41, 5.74) is 0.666. The van der Waals surface area contributed by atoms with Crippen LogP contribution >= 0.6 is 11.6 Å². The van der Waals surface area contributed by atoms with Crippen LogP contribution in [0.5, 0.6) is 0 Å². The van der Waals surface area contributed by atoms with E-state index in [1.165, 1.54) is 12.1 Å². The van der Waals surface area contributed by atoms with Crippen molar-refractivity contribution < 1.29 is 9.18 Å². The molecule has 1 aromatic rings.